The Morgan fingerprint density at radius 3 is 2.49 bits per heavy atom. The minimum atomic E-state index is -0.614. The molecule has 4 aliphatic rings. The third-order valence-electron chi connectivity index (χ3n) is 11.1. The molecule has 0 saturated heterocycles. The second-order valence-electron chi connectivity index (χ2n) is 14.9. The van der Waals surface area contributed by atoms with Gasteiger partial charge in [0.1, 0.15) is 5.60 Å². The van der Waals surface area contributed by atoms with Gasteiger partial charge in [-0.25, -0.2) is 0 Å². The molecule has 3 nitrogen and oxygen atoms in total. The van der Waals surface area contributed by atoms with Crippen molar-refractivity contribution in [2.75, 3.05) is 0 Å². The predicted octanol–water partition coefficient (Wildman–Crippen LogP) is 7.96. The van der Waals surface area contributed by atoms with E-state index in [0.29, 0.717) is 17.8 Å². The molecule has 0 amide bonds. The van der Waals surface area contributed by atoms with Crippen molar-refractivity contribution < 1.29 is 14.6 Å². The van der Waals surface area contributed by atoms with E-state index in [0.717, 1.165) is 36.0 Å². The second-order valence-corrected chi connectivity index (χ2v) is 14.9. The molecule has 0 heterocycles. The van der Waals surface area contributed by atoms with Crippen LogP contribution in [0.5, 0.6) is 0 Å². The summed E-state index contributed by atoms with van der Waals surface area (Å²) in [5.74, 6) is 4.06. The van der Waals surface area contributed by atoms with E-state index in [1.807, 2.05) is 20.8 Å². The van der Waals surface area contributed by atoms with Gasteiger partial charge in [-0.15, -0.1) is 0 Å². The van der Waals surface area contributed by atoms with Gasteiger partial charge in [-0.2, -0.15) is 0 Å². The number of fused-ring (bicyclic) bond motifs is 5. The van der Waals surface area contributed by atoms with Gasteiger partial charge in [0.2, 0.25) is 0 Å². The highest BCUT2D eigenvalue weighted by Gasteiger charge is 2.60. The van der Waals surface area contributed by atoms with E-state index in [4.69, 9.17) is 4.74 Å². The molecular formula is C32H54O3. The SMILES string of the molecule is CC(C)CCC[C@@H](C)[C@H]1CC[C@H]2[C@@H]3CC=C4C[C@H](O)C(C(=O)OC(C)(C)C)C[C@]4(C)[C@H]3CC[C@]12C. The smallest absolute Gasteiger partial charge is 0.312 e. The van der Waals surface area contributed by atoms with Crippen LogP contribution < -0.4 is 0 Å². The van der Waals surface area contributed by atoms with Gasteiger partial charge in [0.05, 0.1) is 12.0 Å². The van der Waals surface area contributed by atoms with Gasteiger partial charge in [0.15, 0.2) is 0 Å². The fourth-order valence-electron chi connectivity index (χ4n) is 9.36. The molecular weight excluding hydrogens is 432 g/mol. The molecule has 9 atom stereocenters. The molecule has 4 rings (SSSR count). The highest BCUT2D eigenvalue weighted by atomic mass is 16.6. The average Bonchev–Trinajstić information content (AvgIpc) is 3.09. The topological polar surface area (TPSA) is 46.5 Å². The van der Waals surface area contributed by atoms with Gasteiger partial charge in [-0.05, 0) is 112 Å². The summed E-state index contributed by atoms with van der Waals surface area (Å²) >= 11 is 0. The zero-order chi connectivity index (χ0) is 25.8. The van der Waals surface area contributed by atoms with E-state index in [2.05, 4.69) is 40.7 Å². The van der Waals surface area contributed by atoms with Crippen LogP contribution in [0.15, 0.2) is 11.6 Å². The third-order valence-corrected chi connectivity index (χ3v) is 11.1. The highest BCUT2D eigenvalue weighted by Crippen LogP contribution is 2.67. The van der Waals surface area contributed by atoms with Crippen molar-refractivity contribution in [3.8, 4) is 0 Å². The Bertz CT molecular complexity index is 806. The largest absolute Gasteiger partial charge is 0.460 e. The van der Waals surface area contributed by atoms with Crippen LogP contribution in [-0.4, -0.2) is 22.8 Å². The van der Waals surface area contributed by atoms with Gasteiger partial charge in [0.25, 0.3) is 0 Å². The monoisotopic (exact) mass is 486 g/mol. The van der Waals surface area contributed by atoms with E-state index in [1.165, 1.54) is 56.9 Å². The number of rotatable bonds is 6. The Balaban J connectivity index is 1.51. The quantitative estimate of drug-likeness (QED) is 0.306. The number of allylic oxidation sites excluding steroid dienone is 1. The van der Waals surface area contributed by atoms with Crippen LogP contribution in [0.2, 0.25) is 0 Å². The van der Waals surface area contributed by atoms with E-state index in [1.54, 1.807) is 0 Å². The zero-order valence-corrected chi connectivity index (χ0v) is 24.0. The summed E-state index contributed by atoms with van der Waals surface area (Å²) in [5, 5.41) is 10.9. The third kappa shape index (κ3) is 5.14. The molecule has 3 heteroatoms. The summed E-state index contributed by atoms with van der Waals surface area (Å²) in [6.45, 7) is 18.1. The lowest BCUT2D eigenvalue weighted by Gasteiger charge is -2.59. The molecule has 35 heavy (non-hydrogen) atoms. The molecule has 0 bridgehead atoms. The van der Waals surface area contributed by atoms with Crippen molar-refractivity contribution in [3.05, 3.63) is 11.6 Å². The van der Waals surface area contributed by atoms with Gasteiger partial charge >= 0.3 is 5.97 Å². The minimum Gasteiger partial charge on any atom is -0.460 e. The Morgan fingerprint density at radius 2 is 1.83 bits per heavy atom. The Hall–Kier alpha value is -0.830. The highest BCUT2D eigenvalue weighted by molar-refractivity contribution is 5.74. The first-order valence-corrected chi connectivity index (χ1v) is 14.9. The summed E-state index contributed by atoms with van der Waals surface area (Å²) in [6, 6.07) is 0. The standard InChI is InChI=1S/C32H54O3/c1-20(2)10-9-11-21(3)25-14-15-26-23-13-12-22-18-28(33)24(29(34)35-30(4,5)6)19-32(22,8)27(23)16-17-31(25,26)7/h12,20-21,23-28,33H,9-11,13-19H2,1-8H3/t21-,23+,24?,25-,26+,27+,28+,31-,32+/m1/s1. The molecule has 0 spiro atoms. The molecule has 0 aromatic heterocycles. The van der Waals surface area contributed by atoms with Gasteiger partial charge in [-0.3, -0.25) is 4.79 Å². The normalized spacial score (nSPS) is 42.1. The molecule has 0 aromatic carbocycles. The number of aliphatic hydroxyl groups excluding tert-OH is 1. The number of esters is 1. The van der Waals surface area contributed by atoms with E-state index in [-0.39, 0.29) is 11.4 Å². The maximum atomic E-state index is 13.1. The number of aliphatic hydroxyl groups is 1. The molecule has 3 fully saturated rings. The minimum absolute atomic E-state index is 0.0199. The van der Waals surface area contributed by atoms with E-state index < -0.39 is 17.6 Å². The molecule has 200 valence electrons. The van der Waals surface area contributed by atoms with Crippen molar-refractivity contribution in [2.45, 2.75) is 131 Å². The molecule has 1 unspecified atom stereocenters. The van der Waals surface area contributed by atoms with Crippen LogP contribution in [0, 0.1) is 52.3 Å². The summed E-state index contributed by atoms with van der Waals surface area (Å²) < 4.78 is 5.76. The van der Waals surface area contributed by atoms with Gasteiger partial charge in [0, 0.05) is 0 Å². The Labute approximate surface area is 215 Å². The first kappa shape index (κ1) is 27.2. The molecule has 4 aliphatic carbocycles. The maximum absolute atomic E-state index is 13.1. The summed E-state index contributed by atoms with van der Waals surface area (Å²) in [7, 11) is 0. The van der Waals surface area contributed by atoms with Crippen LogP contribution >= 0.6 is 0 Å². The van der Waals surface area contributed by atoms with Crippen LogP contribution in [-0.2, 0) is 9.53 Å². The summed E-state index contributed by atoms with van der Waals surface area (Å²) in [6.07, 6.45) is 13.9. The second kappa shape index (κ2) is 9.80. The van der Waals surface area contributed by atoms with E-state index >= 15 is 0 Å². The van der Waals surface area contributed by atoms with Crippen molar-refractivity contribution in [2.24, 2.45) is 52.3 Å². The molecule has 0 radical (unpaired) electrons. The average molecular weight is 487 g/mol. The predicted molar refractivity (Wildman–Crippen MR) is 144 cm³/mol. The lowest BCUT2D eigenvalue weighted by atomic mass is 9.46. The number of hydrogen-bond donors (Lipinski definition) is 1. The van der Waals surface area contributed by atoms with Crippen LogP contribution in [0.3, 0.4) is 0 Å². The Morgan fingerprint density at radius 1 is 1.11 bits per heavy atom. The fourth-order valence-corrected chi connectivity index (χ4v) is 9.36. The molecule has 0 aromatic rings. The lowest BCUT2D eigenvalue weighted by molar-refractivity contribution is -0.169. The van der Waals surface area contributed by atoms with Crippen LogP contribution in [0.1, 0.15) is 120 Å². The summed E-state index contributed by atoms with van der Waals surface area (Å²) in [4.78, 5) is 13.1. The van der Waals surface area contributed by atoms with Gasteiger partial charge in [-0.1, -0.05) is 65.5 Å². The molecule has 0 aliphatic heterocycles. The van der Waals surface area contributed by atoms with Gasteiger partial charge < -0.3 is 9.84 Å². The number of hydrogen-bond acceptors (Lipinski definition) is 3. The number of carbonyl (C=O) groups is 1. The molecule has 1 N–H and O–H groups in total. The van der Waals surface area contributed by atoms with Crippen LogP contribution in [0.4, 0.5) is 0 Å². The van der Waals surface area contributed by atoms with Crippen molar-refractivity contribution in [1.82, 2.24) is 0 Å². The fraction of sp³-hybridized carbons (Fsp3) is 0.906. The first-order valence-electron chi connectivity index (χ1n) is 14.9. The van der Waals surface area contributed by atoms with Crippen LogP contribution in [0.25, 0.3) is 0 Å². The maximum Gasteiger partial charge on any atom is 0.312 e. The van der Waals surface area contributed by atoms with E-state index in [9.17, 15) is 9.90 Å². The Kier molecular flexibility index (Phi) is 7.62. The summed E-state index contributed by atoms with van der Waals surface area (Å²) in [5.41, 5.74) is 1.40. The molecule has 3 saturated carbocycles. The first-order chi connectivity index (χ1) is 16.3. The van der Waals surface area contributed by atoms with Crippen molar-refractivity contribution in [1.29, 1.82) is 0 Å². The zero-order valence-electron chi connectivity index (χ0n) is 24.0. The van der Waals surface area contributed by atoms with Crippen molar-refractivity contribution in [3.63, 3.8) is 0 Å². The number of carbonyl (C=O) groups excluding carboxylic acids is 1. The number of ether oxygens (including phenoxy) is 1. The lowest BCUT2D eigenvalue weighted by Crippen LogP contribution is -2.53. The van der Waals surface area contributed by atoms with Crippen molar-refractivity contribution >= 4 is 5.97 Å².